The van der Waals surface area contributed by atoms with Crippen LogP contribution in [0.1, 0.15) is 11.1 Å². The first-order valence-corrected chi connectivity index (χ1v) is 3.11. The van der Waals surface area contributed by atoms with E-state index in [9.17, 15) is 13.2 Å². The van der Waals surface area contributed by atoms with Crippen LogP contribution in [0.25, 0.3) is 0 Å². The number of alkyl halides is 3. The minimum absolute atomic E-state index is 0.643. The Morgan fingerprint density at radius 2 is 2.00 bits per heavy atom. The van der Waals surface area contributed by atoms with Crippen molar-refractivity contribution in [3.8, 4) is 11.8 Å². The molecule has 68 valence electrons. The van der Waals surface area contributed by atoms with Gasteiger partial charge in [-0.1, -0.05) is 0 Å². The standard InChI is InChI=1S/C7H3F3N2O/c8-7(9,10)6-4(1-11)2-12-3-5(6)13/h2-3,13H. The zero-order valence-electron chi connectivity index (χ0n) is 6.13. The van der Waals surface area contributed by atoms with Crippen molar-refractivity contribution < 1.29 is 18.3 Å². The average molecular weight is 188 g/mol. The molecule has 1 rings (SSSR count). The van der Waals surface area contributed by atoms with E-state index in [4.69, 9.17) is 10.4 Å². The molecule has 1 aromatic heterocycles. The minimum Gasteiger partial charge on any atom is -0.506 e. The lowest BCUT2D eigenvalue weighted by Crippen LogP contribution is -2.08. The van der Waals surface area contributed by atoms with Crippen LogP contribution in [-0.2, 0) is 6.18 Å². The maximum absolute atomic E-state index is 12.2. The summed E-state index contributed by atoms with van der Waals surface area (Å²) in [6, 6.07) is 1.30. The van der Waals surface area contributed by atoms with Gasteiger partial charge in [-0.05, 0) is 0 Å². The predicted octanol–water partition coefficient (Wildman–Crippen LogP) is 1.68. The largest absolute Gasteiger partial charge is 0.506 e. The maximum Gasteiger partial charge on any atom is 0.421 e. The Morgan fingerprint density at radius 1 is 1.38 bits per heavy atom. The van der Waals surface area contributed by atoms with Gasteiger partial charge in [-0.2, -0.15) is 18.4 Å². The second kappa shape index (κ2) is 2.94. The van der Waals surface area contributed by atoms with E-state index >= 15 is 0 Å². The summed E-state index contributed by atoms with van der Waals surface area (Å²) in [5, 5.41) is 17.1. The highest BCUT2D eigenvalue weighted by atomic mass is 19.4. The molecular weight excluding hydrogens is 185 g/mol. The van der Waals surface area contributed by atoms with E-state index in [1.807, 2.05) is 0 Å². The van der Waals surface area contributed by atoms with E-state index in [2.05, 4.69) is 4.98 Å². The summed E-state index contributed by atoms with van der Waals surface area (Å²) in [7, 11) is 0. The van der Waals surface area contributed by atoms with Crippen molar-refractivity contribution in [1.29, 1.82) is 5.26 Å². The molecule has 0 aliphatic carbocycles. The van der Waals surface area contributed by atoms with Gasteiger partial charge in [0.25, 0.3) is 0 Å². The number of halogens is 3. The molecule has 3 nitrogen and oxygen atoms in total. The molecule has 0 amide bonds. The van der Waals surface area contributed by atoms with Crippen LogP contribution < -0.4 is 0 Å². The first kappa shape index (κ1) is 9.32. The average Bonchev–Trinajstić information content (AvgIpc) is 2.01. The van der Waals surface area contributed by atoms with Crippen molar-refractivity contribution in [1.82, 2.24) is 4.98 Å². The minimum atomic E-state index is -4.74. The topological polar surface area (TPSA) is 56.9 Å². The lowest BCUT2D eigenvalue weighted by atomic mass is 10.1. The van der Waals surface area contributed by atoms with Crippen molar-refractivity contribution in [2.24, 2.45) is 0 Å². The van der Waals surface area contributed by atoms with Gasteiger partial charge in [-0.15, -0.1) is 0 Å². The van der Waals surface area contributed by atoms with Crippen LogP contribution in [-0.4, -0.2) is 10.1 Å². The zero-order valence-corrected chi connectivity index (χ0v) is 6.13. The summed E-state index contributed by atoms with van der Waals surface area (Å²) < 4.78 is 36.5. The SMILES string of the molecule is N#Cc1cncc(O)c1C(F)(F)F. The summed E-state index contributed by atoms with van der Waals surface area (Å²) in [6.45, 7) is 0. The van der Waals surface area contributed by atoms with E-state index in [0.717, 1.165) is 6.20 Å². The molecule has 0 saturated heterocycles. The van der Waals surface area contributed by atoms with Crippen LogP contribution in [0.2, 0.25) is 0 Å². The van der Waals surface area contributed by atoms with Gasteiger partial charge in [-0.25, -0.2) is 0 Å². The quantitative estimate of drug-likeness (QED) is 0.673. The highest BCUT2D eigenvalue weighted by molar-refractivity contribution is 5.44. The maximum atomic E-state index is 12.2. The van der Waals surface area contributed by atoms with E-state index in [0.29, 0.717) is 6.20 Å². The fourth-order valence-corrected chi connectivity index (χ4v) is 0.832. The lowest BCUT2D eigenvalue weighted by Gasteiger charge is -2.08. The number of aromatic nitrogens is 1. The second-order valence-corrected chi connectivity index (χ2v) is 2.19. The highest BCUT2D eigenvalue weighted by Crippen LogP contribution is 2.36. The van der Waals surface area contributed by atoms with Crippen LogP contribution in [0.4, 0.5) is 13.2 Å². The van der Waals surface area contributed by atoms with Crippen LogP contribution in [0.15, 0.2) is 12.4 Å². The number of nitriles is 1. The van der Waals surface area contributed by atoms with Crippen molar-refractivity contribution in [3.05, 3.63) is 23.5 Å². The molecule has 0 bridgehead atoms. The molecule has 0 aliphatic heterocycles. The van der Waals surface area contributed by atoms with E-state index < -0.39 is 23.1 Å². The lowest BCUT2D eigenvalue weighted by molar-refractivity contribution is -0.139. The Balaban J connectivity index is 3.43. The number of aromatic hydroxyl groups is 1. The summed E-state index contributed by atoms with van der Waals surface area (Å²) in [4.78, 5) is 3.26. The summed E-state index contributed by atoms with van der Waals surface area (Å²) in [6.07, 6.45) is -3.34. The van der Waals surface area contributed by atoms with Crippen molar-refractivity contribution in [2.75, 3.05) is 0 Å². The van der Waals surface area contributed by atoms with E-state index in [1.165, 1.54) is 6.07 Å². The second-order valence-electron chi connectivity index (χ2n) is 2.19. The van der Waals surface area contributed by atoms with E-state index in [1.54, 1.807) is 0 Å². The first-order chi connectivity index (χ1) is 5.96. The number of nitrogens with zero attached hydrogens (tertiary/aromatic N) is 2. The van der Waals surface area contributed by atoms with Crippen LogP contribution in [0.5, 0.6) is 5.75 Å². The molecule has 0 aliphatic rings. The molecule has 0 aromatic carbocycles. The van der Waals surface area contributed by atoms with Gasteiger partial charge in [-0.3, -0.25) is 4.98 Å². The summed E-state index contributed by atoms with van der Waals surface area (Å²) in [5.74, 6) is -1.04. The van der Waals surface area contributed by atoms with Crippen molar-refractivity contribution in [3.63, 3.8) is 0 Å². The Hall–Kier alpha value is -1.77. The molecule has 1 aromatic rings. The summed E-state index contributed by atoms with van der Waals surface area (Å²) >= 11 is 0. The molecule has 6 heteroatoms. The molecule has 0 fully saturated rings. The molecule has 0 unspecified atom stereocenters. The zero-order chi connectivity index (χ0) is 10.1. The third-order valence-electron chi connectivity index (χ3n) is 1.33. The highest BCUT2D eigenvalue weighted by Gasteiger charge is 2.37. The van der Waals surface area contributed by atoms with Gasteiger partial charge >= 0.3 is 6.18 Å². The summed E-state index contributed by atoms with van der Waals surface area (Å²) in [5.41, 5.74) is -2.03. The fraction of sp³-hybridized carbons (Fsp3) is 0.143. The van der Waals surface area contributed by atoms with Crippen molar-refractivity contribution in [2.45, 2.75) is 6.18 Å². The number of hydrogen-bond donors (Lipinski definition) is 1. The van der Waals surface area contributed by atoms with Gasteiger partial charge in [0.15, 0.2) is 0 Å². The van der Waals surface area contributed by atoms with Crippen LogP contribution in [0.3, 0.4) is 0 Å². The third-order valence-corrected chi connectivity index (χ3v) is 1.33. The molecule has 0 spiro atoms. The normalized spacial score (nSPS) is 10.9. The van der Waals surface area contributed by atoms with Gasteiger partial charge < -0.3 is 5.11 Å². The van der Waals surface area contributed by atoms with Crippen LogP contribution in [0, 0.1) is 11.3 Å². The molecule has 0 radical (unpaired) electrons. The molecule has 0 atom stereocenters. The number of pyridine rings is 1. The predicted molar refractivity (Wildman–Crippen MR) is 35.6 cm³/mol. The monoisotopic (exact) mass is 188 g/mol. The first-order valence-electron chi connectivity index (χ1n) is 3.11. The fourth-order valence-electron chi connectivity index (χ4n) is 0.832. The Labute approximate surface area is 71.1 Å². The molecule has 1 N–H and O–H groups in total. The smallest absolute Gasteiger partial charge is 0.421 e. The number of hydrogen-bond acceptors (Lipinski definition) is 3. The Morgan fingerprint density at radius 3 is 2.38 bits per heavy atom. The van der Waals surface area contributed by atoms with Gasteiger partial charge in [0.2, 0.25) is 0 Å². The van der Waals surface area contributed by atoms with Gasteiger partial charge in [0, 0.05) is 6.20 Å². The Kier molecular flexibility index (Phi) is 2.10. The van der Waals surface area contributed by atoms with Gasteiger partial charge in [0.1, 0.15) is 17.4 Å². The van der Waals surface area contributed by atoms with Crippen LogP contribution >= 0.6 is 0 Å². The molecule has 0 saturated carbocycles. The third kappa shape index (κ3) is 1.69. The molecule has 13 heavy (non-hydrogen) atoms. The molecular formula is C7H3F3N2O. The van der Waals surface area contributed by atoms with Gasteiger partial charge in [0.05, 0.1) is 11.8 Å². The molecule has 1 heterocycles. The number of rotatable bonds is 0. The Bertz CT molecular complexity index is 367. The van der Waals surface area contributed by atoms with E-state index in [-0.39, 0.29) is 0 Å². The van der Waals surface area contributed by atoms with Crippen molar-refractivity contribution >= 4 is 0 Å².